The van der Waals surface area contributed by atoms with Gasteiger partial charge in [-0.2, -0.15) is 13.2 Å². The molecule has 0 saturated heterocycles. The zero-order valence-electron chi connectivity index (χ0n) is 18.7. The number of allylic oxidation sites excluding steroid dienone is 5. The lowest BCUT2D eigenvalue weighted by atomic mass is 9.60. The Morgan fingerprint density at radius 2 is 1.83 bits per heavy atom. The first-order chi connectivity index (χ1) is 14.1. The quantitative estimate of drug-likeness (QED) is 0.459. The van der Waals surface area contributed by atoms with Gasteiger partial charge in [0.1, 0.15) is 6.10 Å². The van der Waals surface area contributed by atoms with E-state index in [4.69, 9.17) is 0 Å². The van der Waals surface area contributed by atoms with Crippen molar-refractivity contribution in [3.63, 3.8) is 0 Å². The maximum absolute atomic E-state index is 12.6. The maximum atomic E-state index is 12.6. The van der Waals surface area contributed by atoms with Gasteiger partial charge in [0.15, 0.2) is 0 Å². The predicted octanol–water partition coefficient (Wildman–Crippen LogP) is 7.92. The Balaban J connectivity index is 1.63. The van der Waals surface area contributed by atoms with Gasteiger partial charge in [-0.05, 0) is 93.0 Å². The third kappa shape index (κ3) is 5.23. The molecule has 30 heavy (non-hydrogen) atoms. The monoisotopic (exact) mass is 424 g/mol. The molecule has 0 radical (unpaired) electrons. The highest BCUT2D eigenvalue weighted by Gasteiger charge is 2.50. The van der Waals surface area contributed by atoms with Crippen LogP contribution < -0.4 is 0 Å². The molecular weight excluding hydrogens is 385 g/mol. The van der Waals surface area contributed by atoms with Gasteiger partial charge in [0.2, 0.25) is 0 Å². The van der Waals surface area contributed by atoms with Crippen LogP contribution in [0, 0.1) is 23.2 Å². The largest absolute Gasteiger partial charge is 0.414 e. The molecule has 4 heteroatoms. The van der Waals surface area contributed by atoms with Crippen LogP contribution in [0.3, 0.4) is 0 Å². The molecule has 0 bridgehead atoms. The second kappa shape index (κ2) is 9.63. The lowest BCUT2D eigenvalue weighted by Gasteiger charge is -2.44. The number of rotatable bonds is 6. The molecule has 3 aliphatic carbocycles. The third-order valence-electron chi connectivity index (χ3n) is 8.37. The Labute approximate surface area is 180 Å². The van der Waals surface area contributed by atoms with E-state index >= 15 is 0 Å². The van der Waals surface area contributed by atoms with Crippen molar-refractivity contribution in [2.45, 2.75) is 103 Å². The van der Waals surface area contributed by atoms with Crippen molar-refractivity contribution in [3.8, 4) is 0 Å². The van der Waals surface area contributed by atoms with Crippen molar-refractivity contribution in [1.82, 2.24) is 0 Å². The summed E-state index contributed by atoms with van der Waals surface area (Å²) in [5, 5.41) is 9.28. The fourth-order valence-electron chi connectivity index (χ4n) is 6.61. The van der Waals surface area contributed by atoms with Crippen LogP contribution in [0.15, 0.2) is 35.5 Å². The summed E-state index contributed by atoms with van der Waals surface area (Å²) in [5.41, 5.74) is 4.56. The Morgan fingerprint density at radius 3 is 2.53 bits per heavy atom. The highest BCUT2D eigenvalue weighted by atomic mass is 19.4. The SMILES string of the molecule is C=C1CCCC/C1=C/C=C1\CCC[C@@]2(C)C1CCC2[C@H](C)CCCC(O)C(F)(F)F. The van der Waals surface area contributed by atoms with Crippen molar-refractivity contribution in [1.29, 1.82) is 0 Å². The van der Waals surface area contributed by atoms with Gasteiger partial charge < -0.3 is 5.11 Å². The molecule has 1 nitrogen and oxygen atoms in total. The van der Waals surface area contributed by atoms with Crippen LogP contribution in [-0.4, -0.2) is 17.4 Å². The molecule has 3 rings (SSSR count). The van der Waals surface area contributed by atoms with Crippen molar-refractivity contribution >= 4 is 0 Å². The highest BCUT2D eigenvalue weighted by molar-refractivity contribution is 5.35. The van der Waals surface area contributed by atoms with E-state index in [0.29, 0.717) is 24.2 Å². The third-order valence-corrected chi connectivity index (χ3v) is 8.37. The average Bonchev–Trinajstić information content (AvgIpc) is 3.04. The van der Waals surface area contributed by atoms with Crippen molar-refractivity contribution in [2.24, 2.45) is 23.2 Å². The molecule has 3 fully saturated rings. The van der Waals surface area contributed by atoms with E-state index in [2.05, 4.69) is 32.6 Å². The number of halogens is 3. The Hall–Kier alpha value is -1.03. The Morgan fingerprint density at radius 1 is 1.10 bits per heavy atom. The van der Waals surface area contributed by atoms with Crippen LogP contribution in [0.1, 0.15) is 90.9 Å². The second-order valence-corrected chi connectivity index (χ2v) is 10.3. The van der Waals surface area contributed by atoms with Crippen LogP contribution >= 0.6 is 0 Å². The van der Waals surface area contributed by atoms with Gasteiger partial charge in [-0.15, -0.1) is 0 Å². The van der Waals surface area contributed by atoms with E-state index in [1.54, 1.807) is 5.57 Å². The minimum absolute atomic E-state index is 0.177. The lowest BCUT2D eigenvalue weighted by molar-refractivity contribution is -0.205. The second-order valence-electron chi connectivity index (χ2n) is 10.3. The normalized spacial score (nSPS) is 34.9. The molecule has 0 heterocycles. The number of hydrogen-bond acceptors (Lipinski definition) is 1. The average molecular weight is 425 g/mol. The van der Waals surface area contributed by atoms with E-state index < -0.39 is 12.3 Å². The summed E-state index contributed by atoms with van der Waals surface area (Å²) < 4.78 is 37.7. The first-order valence-corrected chi connectivity index (χ1v) is 12.0. The van der Waals surface area contributed by atoms with Gasteiger partial charge in [-0.1, -0.05) is 56.6 Å². The minimum Gasteiger partial charge on any atom is -0.384 e. The highest BCUT2D eigenvalue weighted by Crippen LogP contribution is 2.60. The molecule has 0 aromatic rings. The molecule has 0 aromatic carbocycles. The lowest BCUT2D eigenvalue weighted by Crippen LogP contribution is -2.36. The summed E-state index contributed by atoms with van der Waals surface area (Å²) in [6.07, 6.45) is 9.85. The van der Waals surface area contributed by atoms with Crippen LogP contribution in [0.25, 0.3) is 0 Å². The molecule has 1 N–H and O–H groups in total. The molecule has 0 aromatic heterocycles. The van der Waals surface area contributed by atoms with Crippen molar-refractivity contribution in [2.75, 3.05) is 0 Å². The molecule has 170 valence electrons. The predicted molar refractivity (Wildman–Crippen MR) is 117 cm³/mol. The first kappa shape index (κ1) is 23.6. The zero-order chi connectivity index (χ0) is 21.9. The summed E-state index contributed by atoms with van der Waals surface area (Å²) in [6, 6.07) is 0. The standard InChI is InChI=1S/C26H39F3O/c1-18-8-4-5-10-20(18)13-14-21-11-7-17-25(3)22(15-16-23(21)25)19(2)9-6-12-24(30)26(27,28)29/h13-14,19,22-24,30H,1,4-12,15-17H2,2-3H3/b20-13-,21-14+/t19-,22?,23?,24?,25-/m1/s1. The molecular formula is C26H39F3O. The molecule has 0 amide bonds. The Kier molecular flexibility index (Phi) is 7.58. The van der Waals surface area contributed by atoms with E-state index in [0.717, 1.165) is 19.3 Å². The van der Waals surface area contributed by atoms with Crippen LogP contribution in [0.4, 0.5) is 13.2 Å². The fraction of sp³-hybridized carbons (Fsp3) is 0.769. The van der Waals surface area contributed by atoms with Crippen molar-refractivity contribution < 1.29 is 18.3 Å². The molecule has 0 spiro atoms. The molecule has 3 unspecified atom stereocenters. The summed E-state index contributed by atoms with van der Waals surface area (Å²) in [6.45, 7) is 8.88. The van der Waals surface area contributed by atoms with E-state index in [9.17, 15) is 18.3 Å². The van der Waals surface area contributed by atoms with Crippen LogP contribution in [0.2, 0.25) is 0 Å². The summed E-state index contributed by atoms with van der Waals surface area (Å²) in [7, 11) is 0. The number of alkyl halides is 3. The van der Waals surface area contributed by atoms with Crippen LogP contribution in [-0.2, 0) is 0 Å². The molecule has 5 atom stereocenters. The van der Waals surface area contributed by atoms with E-state index in [1.807, 2.05) is 0 Å². The van der Waals surface area contributed by atoms with Crippen molar-refractivity contribution in [3.05, 3.63) is 35.5 Å². The Bertz CT molecular complexity index is 674. The van der Waals surface area contributed by atoms with E-state index in [1.165, 1.54) is 56.1 Å². The first-order valence-electron chi connectivity index (χ1n) is 12.0. The molecule has 3 saturated carbocycles. The van der Waals surface area contributed by atoms with Gasteiger partial charge in [0, 0.05) is 0 Å². The van der Waals surface area contributed by atoms with Gasteiger partial charge in [0.25, 0.3) is 0 Å². The van der Waals surface area contributed by atoms with Gasteiger partial charge in [0.05, 0.1) is 0 Å². The summed E-state index contributed by atoms with van der Waals surface area (Å²) >= 11 is 0. The van der Waals surface area contributed by atoms with Gasteiger partial charge >= 0.3 is 6.18 Å². The number of aliphatic hydroxyl groups excluding tert-OH is 1. The summed E-state index contributed by atoms with van der Waals surface area (Å²) in [4.78, 5) is 0. The van der Waals surface area contributed by atoms with Gasteiger partial charge in [-0.25, -0.2) is 0 Å². The zero-order valence-corrected chi connectivity index (χ0v) is 18.7. The number of hydrogen-bond donors (Lipinski definition) is 1. The number of aliphatic hydroxyl groups is 1. The fourth-order valence-corrected chi connectivity index (χ4v) is 6.61. The van der Waals surface area contributed by atoms with Crippen LogP contribution in [0.5, 0.6) is 0 Å². The molecule has 3 aliphatic rings. The maximum Gasteiger partial charge on any atom is 0.414 e. The van der Waals surface area contributed by atoms with E-state index in [-0.39, 0.29) is 11.8 Å². The minimum atomic E-state index is -4.49. The number of fused-ring (bicyclic) bond motifs is 1. The summed E-state index contributed by atoms with van der Waals surface area (Å²) in [5.74, 6) is 1.57. The smallest absolute Gasteiger partial charge is 0.384 e. The van der Waals surface area contributed by atoms with Gasteiger partial charge in [-0.3, -0.25) is 0 Å². The molecule has 0 aliphatic heterocycles. The topological polar surface area (TPSA) is 20.2 Å².